The first-order valence-corrected chi connectivity index (χ1v) is 11.7. The van der Waals surface area contributed by atoms with Crippen LogP contribution in [0.3, 0.4) is 0 Å². The van der Waals surface area contributed by atoms with Gasteiger partial charge in [0.05, 0.1) is 23.7 Å². The Kier molecular flexibility index (Phi) is 5.75. The number of ether oxygens (including phenoxy) is 1. The van der Waals surface area contributed by atoms with E-state index in [1.54, 1.807) is 13.3 Å². The largest absolute Gasteiger partial charge is 0.497 e. The maximum Gasteiger partial charge on any atom is 0.247 e. The number of nitrogens with one attached hydrogen (secondary N) is 1. The summed E-state index contributed by atoms with van der Waals surface area (Å²) >= 11 is 0. The van der Waals surface area contributed by atoms with Crippen LogP contribution in [0.5, 0.6) is 5.75 Å². The van der Waals surface area contributed by atoms with Gasteiger partial charge in [-0.3, -0.25) is 14.6 Å². The molecule has 33 heavy (non-hydrogen) atoms. The molecule has 0 bridgehead atoms. The molecule has 2 heterocycles. The van der Waals surface area contributed by atoms with Gasteiger partial charge in [0.2, 0.25) is 11.8 Å². The molecule has 1 aliphatic heterocycles. The zero-order valence-corrected chi connectivity index (χ0v) is 18.9. The number of benzene rings is 2. The highest BCUT2D eigenvalue weighted by Crippen LogP contribution is 2.44. The van der Waals surface area contributed by atoms with Crippen molar-refractivity contribution >= 4 is 28.4 Å². The third-order valence-corrected chi connectivity index (χ3v) is 7.22. The highest BCUT2D eigenvalue weighted by atomic mass is 16.5. The molecule has 0 radical (unpaired) electrons. The van der Waals surface area contributed by atoms with Crippen molar-refractivity contribution in [3.8, 4) is 5.75 Å². The number of fused-ring (bicyclic) bond motifs is 1. The number of hydrogen-bond donors (Lipinski definition) is 1. The van der Waals surface area contributed by atoms with Crippen molar-refractivity contribution in [3.63, 3.8) is 0 Å². The zero-order chi connectivity index (χ0) is 22.8. The van der Waals surface area contributed by atoms with Crippen LogP contribution in [0, 0.1) is 0 Å². The van der Waals surface area contributed by atoms with E-state index in [9.17, 15) is 9.59 Å². The fourth-order valence-corrected chi connectivity index (χ4v) is 5.49. The quantitative estimate of drug-likeness (QED) is 0.621. The molecule has 6 nitrogen and oxygen atoms in total. The Bertz CT molecular complexity index is 1160. The second-order valence-corrected chi connectivity index (χ2v) is 9.04. The molecule has 2 amide bonds. The Morgan fingerprint density at radius 1 is 1.03 bits per heavy atom. The predicted molar refractivity (Wildman–Crippen MR) is 128 cm³/mol. The van der Waals surface area contributed by atoms with E-state index in [1.807, 2.05) is 59.5 Å². The van der Waals surface area contributed by atoms with Crippen LogP contribution in [-0.2, 0) is 15.0 Å². The number of nitrogens with zero attached hydrogens (tertiary/aromatic N) is 2. The molecular weight excluding hydrogens is 414 g/mol. The normalized spacial score (nSPS) is 19.5. The lowest BCUT2D eigenvalue weighted by atomic mass is 9.77. The molecule has 2 aromatic carbocycles. The molecule has 2 fully saturated rings. The second-order valence-electron chi connectivity index (χ2n) is 9.04. The molecule has 3 aromatic rings. The Labute approximate surface area is 194 Å². The summed E-state index contributed by atoms with van der Waals surface area (Å²) in [6.45, 7) is 0.614. The maximum absolute atomic E-state index is 14.0. The first-order valence-electron chi connectivity index (χ1n) is 11.7. The highest BCUT2D eigenvalue weighted by molar-refractivity contribution is 6.04. The number of likely N-dealkylation sites (tertiary alicyclic amines) is 1. The van der Waals surface area contributed by atoms with Gasteiger partial charge >= 0.3 is 0 Å². The van der Waals surface area contributed by atoms with Gasteiger partial charge in [0.1, 0.15) is 11.8 Å². The Balaban J connectivity index is 1.41. The molecular formula is C27H29N3O3. The highest BCUT2D eigenvalue weighted by Gasteiger charge is 2.48. The first-order chi connectivity index (χ1) is 16.1. The number of methoxy groups -OCH3 is 1. The molecule has 1 atom stereocenters. The number of para-hydroxylation sites is 1. The Morgan fingerprint density at radius 3 is 2.55 bits per heavy atom. The van der Waals surface area contributed by atoms with Crippen LogP contribution in [0.2, 0.25) is 0 Å². The average Bonchev–Trinajstić information content (AvgIpc) is 3.55. The van der Waals surface area contributed by atoms with Crippen LogP contribution in [0.4, 0.5) is 5.69 Å². The summed E-state index contributed by atoms with van der Waals surface area (Å²) in [5, 5.41) is 4.03. The van der Waals surface area contributed by atoms with Gasteiger partial charge in [-0.05, 0) is 55.5 Å². The van der Waals surface area contributed by atoms with Crippen molar-refractivity contribution in [2.75, 3.05) is 19.0 Å². The Morgan fingerprint density at radius 2 is 1.79 bits per heavy atom. The van der Waals surface area contributed by atoms with Crippen LogP contribution in [0.25, 0.3) is 10.9 Å². The van der Waals surface area contributed by atoms with Gasteiger partial charge in [-0.25, -0.2) is 0 Å². The zero-order valence-electron chi connectivity index (χ0n) is 18.9. The number of carbonyl (C=O) groups excluding carboxylic acids is 2. The van der Waals surface area contributed by atoms with Crippen molar-refractivity contribution in [2.45, 2.75) is 50.0 Å². The van der Waals surface area contributed by atoms with Crippen molar-refractivity contribution in [1.29, 1.82) is 0 Å². The fraction of sp³-hybridized carbons (Fsp3) is 0.370. The molecule has 1 N–H and O–H groups in total. The lowest BCUT2D eigenvalue weighted by Crippen LogP contribution is -2.51. The molecule has 5 rings (SSSR count). The molecule has 2 aliphatic rings. The summed E-state index contributed by atoms with van der Waals surface area (Å²) in [5.41, 5.74) is 1.91. The summed E-state index contributed by atoms with van der Waals surface area (Å²) in [5.74, 6) is 0.724. The molecule has 6 heteroatoms. The average molecular weight is 444 g/mol. The molecule has 1 saturated carbocycles. The Hall–Kier alpha value is -3.41. The number of aromatic nitrogens is 1. The van der Waals surface area contributed by atoms with E-state index in [-0.39, 0.29) is 11.8 Å². The van der Waals surface area contributed by atoms with Crippen molar-refractivity contribution in [2.24, 2.45) is 0 Å². The van der Waals surface area contributed by atoms with E-state index >= 15 is 0 Å². The lowest BCUT2D eigenvalue weighted by molar-refractivity contribution is -0.141. The summed E-state index contributed by atoms with van der Waals surface area (Å²) in [4.78, 5) is 33.6. The number of anilines is 1. The number of rotatable bonds is 5. The second kappa shape index (κ2) is 8.85. The van der Waals surface area contributed by atoms with Crippen LogP contribution < -0.4 is 10.1 Å². The number of pyridine rings is 1. The van der Waals surface area contributed by atoms with Gasteiger partial charge in [-0.15, -0.1) is 0 Å². The number of hydrogen-bond acceptors (Lipinski definition) is 4. The summed E-state index contributed by atoms with van der Waals surface area (Å²) in [6, 6.07) is 17.0. The molecule has 170 valence electrons. The topological polar surface area (TPSA) is 71.5 Å². The molecule has 1 saturated heterocycles. The van der Waals surface area contributed by atoms with E-state index < -0.39 is 11.5 Å². The molecule has 0 unspecified atom stereocenters. The fourth-order valence-electron chi connectivity index (χ4n) is 5.49. The smallest absolute Gasteiger partial charge is 0.247 e. The van der Waals surface area contributed by atoms with Gasteiger partial charge in [-0.2, -0.15) is 0 Å². The van der Waals surface area contributed by atoms with Gasteiger partial charge in [-0.1, -0.05) is 43.2 Å². The monoisotopic (exact) mass is 443 g/mol. The van der Waals surface area contributed by atoms with E-state index in [0.29, 0.717) is 18.7 Å². The minimum absolute atomic E-state index is 0.0823. The first kappa shape index (κ1) is 21.4. The van der Waals surface area contributed by atoms with E-state index in [1.165, 1.54) is 0 Å². The van der Waals surface area contributed by atoms with Crippen LogP contribution in [0.1, 0.15) is 44.1 Å². The van der Waals surface area contributed by atoms with Crippen molar-refractivity contribution < 1.29 is 14.3 Å². The molecule has 1 aromatic heterocycles. The lowest BCUT2D eigenvalue weighted by Gasteiger charge is -2.35. The van der Waals surface area contributed by atoms with Crippen molar-refractivity contribution in [3.05, 3.63) is 66.4 Å². The van der Waals surface area contributed by atoms with Crippen LogP contribution in [0.15, 0.2) is 60.8 Å². The standard InChI is InChI=1S/C27H29N3O3/c1-33-21-13-11-20(12-14-21)27(15-2-3-16-27)26(32)30-18-6-10-23(30)25(31)29-22-9-4-7-19-8-5-17-28-24(19)22/h4-5,7-9,11-14,17,23H,2-3,6,10,15-16,18H2,1H3,(H,29,31)/t23-/m1/s1. The van der Waals surface area contributed by atoms with Gasteiger partial charge in [0.15, 0.2) is 0 Å². The van der Waals surface area contributed by atoms with Crippen molar-refractivity contribution in [1.82, 2.24) is 9.88 Å². The van der Waals surface area contributed by atoms with E-state index in [2.05, 4.69) is 10.3 Å². The number of carbonyl (C=O) groups is 2. The summed E-state index contributed by atoms with van der Waals surface area (Å²) < 4.78 is 5.31. The van der Waals surface area contributed by atoms with Gasteiger partial charge in [0.25, 0.3) is 0 Å². The third kappa shape index (κ3) is 3.84. The van der Waals surface area contributed by atoms with E-state index in [0.717, 1.165) is 54.3 Å². The predicted octanol–water partition coefficient (Wildman–Crippen LogP) is 4.68. The van der Waals surface area contributed by atoms with Crippen LogP contribution >= 0.6 is 0 Å². The third-order valence-electron chi connectivity index (χ3n) is 7.22. The molecule has 0 spiro atoms. The summed E-state index contributed by atoms with van der Waals surface area (Å²) in [6.07, 6.45) is 6.90. The summed E-state index contributed by atoms with van der Waals surface area (Å²) in [7, 11) is 1.64. The minimum Gasteiger partial charge on any atom is -0.497 e. The maximum atomic E-state index is 14.0. The van der Waals surface area contributed by atoms with Crippen LogP contribution in [-0.4, -0.2) is 41.4 Å². The SMILES string of the molecule is COc1ccc(C2(C(=O)N3CCC[C@@H]3C(=O)Nc3cccc4cccnc34)CCCC2)cc1. The van der Waals surface area contributed by atoms with Gasteiger partial charge in [0, 0.05) is 18.1 Å². The number of amides is 2. The van der Waals surface area contributed by atoms with Gasteiger partial charge < -0.3 is 15.0 Å². The molecule has 1 aliphatic carbocycles. The van der Waals surface area contributed by atoms with E-state index in [4.69, 9.17) is 4.74 Å². The minimum atomic E-state index is -0.559.